The molecule has 2 aromatic heterocycles. The lowest BCUT2D eigenvalue weighted by Crippen LogP contribution is -2.42. The molecule has 0 amide bonds. The van der Waals surface area contributed by atoms with Crippen LogP contribution in [0.2, 0.25) is 0 Å². The van der Waals surface area contributed by atoms with E-state index >= 15 is 0 Å². The highest BCUT2D eigenvalue weighted by atomic mass is 16.5. The number of cyclic esters (lactones) is 1. The van der Waals surface area contributed by atoms with Crippen LogP contribution in [0.3, 0.4) is 0 Å². The molecule has 1 aromatic carbocycles. The number of pyridine rings is 2. The van der Waals surface area contributed by atoms with E-state index in [-0.39, 0.29) is 18.1 Å². The van der Waals surface area contributed by atoms with Gasteiger partial charge in [0.25, 0.3) is 5.56 Å². The summed E-state index contributed by atoms with van der Waals surface area (Å²) in [5.41, 5.74) is 9.98. The first kappa shape index (κ1) is 18.8. The Bertz CT molecular complexity index is 1400. The third-order valence-corrected chi connectivity index (χ3v) is 8.05. The Morgan fingerprint density at radius 2 is 1.87 bits per heavy atom. The summed E-state index contributed by atoms with van der Waals surface area (Å²) in [4.78, 5) is 31.2. The van der Waals surface area contributed by atoms with Crippen molar-refractivity contribution < 1.29 is 9.53 Å². The lowest BCUT2D eigenvalue weighted by atomic mass is 9.76. The molecule has 1 atom stereocenters. The van der Waals surface area contributed by atoms with Crippen LogP contribution in [0.15, 0.2) is 16.9 Å². The van der Waals surface area contributed by atoms with Gasteiger partial charge in [-0.15, -0.1) is 0 Å². The third kappa shape index (κ3) is 2.24. The number of esters is 1. The van der Waals surface area contributed by atoms with Crippen molar-refractivity contribution in [3.05, 3.63) is 61.4 Å². The standard InChI is InChI=1S/C26H26N2O3/c1-5-26(4)19-10-21-23-17(11-28(21)24(29)18(19)12-31-25(26)30)16-8-6-7-15-14(3)13(2)9-20(27-23)22(15)16/h9-10H,5-8,11-12H2,1-4H3. The SMILES string of the molecule is CCC1(C)C(=O)OCc2c1cc1n(c2=O)Cc2c-1nc1cc(C)c(C)c3c1c2CCC3. The largest absolute Gasteiger partial charge is 0.460 e. The molecule has 0 saturated carbocycles. The first-order valence-corrected chi connectivity index (χ1v) is 11.2. The number of aromatic nitrogens is 2. The monoisotopic (exact) mass is 414 g/mol. The Kier molecular flexibility index (Phi) is 3.67. The van der Waals surface area contributed by atoms with E-state index in [2.05, 4.69) is 19.9 Å². The fourth-order valence-corrected chi connectivity index (χ4v) is 5.86. The molecule has 3 aliphatic rings. The zero-order chi connectivity index (χ0) is 21.7. The van der Waals surface area contributed by atoms with Crippen molar-refractivity contribution in [3.63, 3.8) is 0 Å². The highest BCUT2D eigenvalue weighted by Crippen LogP contribution is 2.43. The fraction of sp³-hybridized carbons (Fsp3) is 0.423. The lowest BCUT2D eigenvalue weighted by Gasteiger charge is -2.33. The predicted octanol–water partition coefficient (Wildman–Crippen LogP) is 4.26. The summed E-state index contributed by atoms with van der Waals surface area (Å²) in [5, 5.41) is 1.30. The first-order valence-electron chi connectivity index (χ1n) is 11.2. The van der Waals surface area contributed by atoms with E-state index in [1.807, 2.05) is 24.5 Å². The van der Waals surface area contributed by atoms with Crippen LogP contribution >= 0.6 is 0 Å². The number of benzene rings is 1. The Balaban J connectivity index is 1.68. The normalized spacial score (nSPS) is 21.0. The molecule has 6 rings (SSSR count). The van der Waals surface area contributed by atoms with Gasteiger partial charge >= 0.3 is 5.97 Å². The smallest absolute Gasteiger partial charge is 0.316 e. The number of rotatable bonds is 1. The van der Waals surface area contributed by atoms with Crippen LogP contribution in [0, 0.1) is 13.8 Å². The summed E-state index contributed by atoms with van der Waals surface area (Å²) >= 11 is 0. The Morgan fingerprint density at radius 3 is 2.65 bits per heavy atom. The topological polar surface area (TPSA) is 61.2 Å². The molecule has 2 aliphatic heterocycles. The molecule has 0 saturated heterocycles. The Morgan fingerprint density at radius 1 is 1.10 bits per heavy atom. The van der Waals surface area contributed by atoms with E-state index in [4.69, 9.17) is 9.72 Å². The maximum atomic E-state index is 13.5. The van der Waals surface area contributed by atoms with Gasteiger partial charge in [-0.25, -0.2) is 4.98 Å². The zero-order valence-corrected chi connectivity index (χ0v) is 18.5. The lowest BCUT2D eigenvalue weighted by molar-refractivity contribution is -0.153. The number of aryl methyl sites for hydroxylation is 3. The number of nitrogens with zero attached hydrogens (tertiary/aromatic N) is 2. The molecule has 4 heterocycles. The molecular weight excluding hydrogens is 388 g/mol. The molecular formula is C26H26N2O3. The second kappa shape index (κ2) is 6.06. The molecule has 0 bridgehead atoms. The van der Waals surface area contributed by atoms with Gasteiger partial charge in [-0.2, -0.15) is 0 Å². The van der Waals surface area contributed by atoms with Crippen molar-refractivity contribution in [2.75, 3.05) is 0 Å². The maximum Gasteiger partial charge on any atom is 0.316 e. The molecule has 3 aromatic rings. The summed E-state index contributed by atoms with van der Waals surface area (Å²) in [7, 11) is 0. The highest BCUT2D eigenvalue weighted by Gasteiger charge is 2.43. The molecule has 0 radical (unpaired) electrons. The van der Waals surface area contributed by atoms with Crippen molar-refractivity contribution in [3.8, 4) is 11.4 Å². The summed E-state index contributed by atoms with van der Waals surface area (Å²) in [6.45, 7) is 8.83. The van der Waals surface area contributed by atoms with Crippen LogP contribution in [0.5, 0.6) is 0 Å². The molecule has 1 aliphatic carbocycles. The summed E-state index contributed by atoms with van der Waals surface area (Å²) in [5.74, 6) is -0.248. The molecule has 0 spiro atoms. The van der Waals surface area contributed by atoms with Gasteiger partial charge in [0.2, 0.25) is 0 Å². The second-order valence-corrected chi connectivity index (χ2v) is 9.54. The van der Waals surface area contributed by atoms with Crippen LogP contribution in [0.4, 0.5) is 0 Å². The summed E-state index contributed by atoms with van der Waals surface area (Å²) in [6.07, 6.45) is 3.83. The van der Waals surface area contributed by atoms with Crippen LogP contribution in [-0.2, 0) is 40.9 Å². The van der Waals surface area contributed by atoms with Crippen LogP contribution in [-0.4, -0.2) is 15.5 Å². The molecule has 1 unspecified atom stereocenters. The molecule has 158 valence electrons. The number of hydrogen-bond acceptors (Lipinski definition) is 4. The number of fused-ring (bicyclic) bond motifs is 5. The number of ether oxygens (including phenoxy) is 1. The highest BCUT2D eigenvalue weighted by molar-refractivity contribution is 5.93. The molecule has 5 nitrogen and oxygen atoms in total. The van der Waals surface area contributed by atoms with E-state index in [1.54, 1.807) is 0 Å². The average Bonchev–Trinajstić information content (AvgIpc) is 3.14. The van der Waals surface area contributed by atoms with Crippen molar-refractivity contribution in [1.29, 1.82) is 0 Å². The van der Waals surface area contributed by atoms with E-state index in [0.717, 1.165) is 41.7 Å². The van der Waals surface area contributed by atoms with E-state index in [1.165, 1.54) is 33.2 Å². The summed E-state index contributed by atoms with van der Waals surface area (Å²) < 4.78 is 7.26. The molecule has 31 heavy (non-hydrogen) atoms. The molecule has 0 fully saturated rings. The zero-order valence-electron chi connectivity index (χ0n) is 18.5. The Labute approximate surface area is 181 Å². The van der Waals surface area contributed by atoms with Crippen LogP contribution in [0.25, 0.3) is 22.3 Å². The van der Waals surface area contributed by atoms with Gasteiger partial charge in [-0.1, -0.05) is 6.92 Å². The maximum absolute atomic E-state index is 13.5. The van der Waals surface area contributed by atoms with Gasteiger partial charge in [0, 0.05) is 10.9 Å². The van der Waals surface area contributed by atoms with Crippen molar-refractivity contribution in [1.82, 2.24) is 9.55 Å². The number of carbonyl (C=O) groups is 1. The number of carbonyl (C=O) groups excluding carboxylic acids is 1. The van der Waals surface area contributed by atoms with Gasteiger partial charge in [0.1, 0.15) is 6.61 Å². The quantitative estimate of drug-likeness (QED) is 0.437. The van der Waals surface area contributed by atoms with Gasteiger partial charge in [0.15, 0.2) is 0 Å². The minimum absolute atomic E-state index is 0.0441. The second-order valence-electron chi connectivity index (χ2n) is 9.54. The van der Waals surface area contributed by atoms with E-state index in [9.17, 15) is 9.59 Å². The fourth-order valence-electron chi connectivity index (χ4n) is 5.86. The van der Waals surface area contributed by atoms with Crippen molar-refractivity contribution >= 4 is 16.9 Å². The molecule has 5 heteroatoms. The Hall–Kier alpha value is -2.95. The van der Waals surface area contributed by atoms with E-state index < -0.39 is 5.41 Å². The van der Waals surface area contributed by atoms with Gasteiger partial charge in [-0.05, 0) is 86.4 Å². The van der Waals surface area contributed by atoms with Gasteiger partial charge < -0.3 is 9.30 Å². The number of hydrogen-bond donors (Lipinski definition) is 0. The van der Waals surface area contributed by atoms with Gasteiger partial charge in [0.05, 0.1) is 34.4 Å². The van der Waals surface area contributed by atoms with Crippen LogP contribution < -0.4 is 5.56 Å². The van der Waals surface area contributed by atoms with Gasteiger partial charge in [-0.3, -0.25) is 9.59 Å². The van der Waals surface area contributed by atoms with E-state index in [0.29, 0.717) is 18.5 Å². The average molecular weight is 415 g/mol. The van der Waals surface area contributed by atoms with Crippen LogP contribution in [0.1, 0.15) is 65.6 Å². The van der Waals surface area contributed by atoms with Crippen molar-refractivity contribution in [2.24, 2.45) is 0 Å². The third-order valence-electron chi connectivity index (χ3n) is 8.05. The van der Waals surface area contributed by atoms with Crippen molar-refractivity contribution in [2.45, 2.75) is 71.9 Å². The first-order chi connectivity index (χ1) is 14.8. The summed E-state index contributed by atoms with van der Waals surface area (Å²) in [6, 6.07) is 4.23. The predicted molar refractivity (Wildman–Crippen MR) is 119 cm³/mol. The minimum Gasteiger partial charge on any atom is -0.460 e. The minimum atomic E-state index is -0.795. The molecule has 0 N–H and O–H groups in total.